The van der Waals surface area contributed by atoms with Gasteiger partial charge < -0.3 is 0 Å². The van der Waals surface area contributed by atoms with Gasteiger partial charge in [0.25, 0.3) is 0 Å². The van der Waals surface area contributed by atoms with Gasteiger partial charge in [0.05, 0.1) is 28.6 Å². The minimum Gasteiger partial charge on any atom is -0.292 e. The standard InChI is InChI=1S/C40H23N3S/c1-2-12-25-24(11-1)26-13-3-5-17-30(26)39-40(31-18-6-4-14-27(25)31)42-38(23-41-39)43-34-19-9-7-15-28(34)32-21-33-29-16-8-10-20-36(29)44-37(33)22-35(32)43/h1-23H. The number of aromatic nitrogens is 3. The van der Waals surface area contributed by atoms with Crippen molar-refractivity contribution in [2.75, 3.05) is 0 Å². The highest BCUT2D eigenvalue weighted by atomic mass is 32.1. The van der Waals surface area contributed by atoms with Crippen molar-refractivity contribution < 1.29 is 0 Å². The summed E-state index contributed by atoms with van der Waals surface area (Å²) in [5, 5.41) is 5.05. The molecule has 6 aromatic carbocycles. The SMILES string of the molecule is c1ccc2c(c1)-c1ccccc1-c1ncc(-n3c4ccccc4c4cc5c(cc43)sc3ccccc35)nc1-c1ccccc1-2. The summed E-state index contributed by atoms with van der Waals surface area (Å²) in [5.41, 5.74) is 11.0. The third kappa shape index (κ3) is 3.26. The van der Waals surface area contributed by atoms with E-state index in [1.165, 1.54) is 53.2 Å². The first-order valence-electron chi connectivity index (χ1n) is 14.8. The van der Waals surface area contributed by atoms with E-state index in [2.05, 4.69) is 138 Å². The summed E-state index contributed by atoms with van der Waals surface area (Å²) in [4.78, 5) is 10.7. The molecule has 4 heteroatoms. The molecule has 0 bridgehead atoms. The summed E-state index contributed by atoms with van der Waals surface area (Å²) >= 11 is 1.85. The van der Waals surface area contributed by atoms with Crippen molar-refractivity contribution in [1.29, 1.82) is 0 Å². The van der Waals surface area contributed by atoms with Crippen molar-refractivity contribution in [1.82, 2.24) is 14.5 Å². The molecule has 3 nitrogen and oxygen atoms in total. The highest BCUT2D eigenvalue weighted by Gasteiger charge is 2.25. The maximum Gasteiger partial charge on any atom is 0.156 e. The lowest BCUT2D eigenvalue weighted by Gasteiger charge is -2.22. The lowest BCUT2D eigenvalue weighted by atomic mass is 9.84. The zero-order chi connectivity index (χ0) is 28.8. The lowest BCUT2D eigenvalue weighted by molar-refractivity contribution is 1.05. The number of hydrogen-bond acceptors (Lipinski definition) is 3. The van der Waals surface area contributed by atoms with Crippen LogP contribution in [0.4, 0.5) is 0 Å². The van der Waals surface area contributed by atoms with Crippen molar-refractivity contribution in [3.63, 3.8) is 0 Å². The predicted molar refractivity (Wildman–Crippen MR) is 185 cm³/mol. The Labute approximate surface area is 257 Å². The van der Waals surface area contributed by atoms with Crippen LogP contribution in [0, 0.1) is 0 Å². The summed E-state index contributed by atoms with van der Waals surface area (Å²) in [7, 11) is 0. The van der Waals surface area contributed by atoms with Crippen molar-refractivity contribution in [3.05, 3.63) is 140 Å². The molecule has 9 aromatic rings. The summed E-state index contributed by atoms with van der Waals surface area (Å²) in [5.74, 6) is 0.816. The normalized spacial score (nSPS) is 12.1. The van der Waals surface area contributed by atoms with Gasteiger partial charge in [0.1, 0.15) is 0 Å². The first-order chi connectivity index (χ1) is 21.8. The first-order valence-corrected chi connectivity index (χ1v) is 15.7. The van der Waals surface area contributed by atoms with E-state index in [9.17, 15) is 0 Å². The van der Waals surface area contributed by atoms with Gasteiger partial charge in [-0.1, -0.05) is 109 Å². The zero-order valence-electron chi connectivity index (χ0n) is 23.5. The lowest BCUT2D eigenvalue weighted by Crippen LogP contribution is -2.05. The number of rotatable bonds is 1. The third-order valence-corrected chi connectivity index (χ3v) is 10.2. The second kappa shape index (κ2) is 8.96. The summed E-state index contributed by atoms with van der Waals surface area (Å²) in [6.07, 6.45) is 1.95. The Morgan fingerprint density at radius 1 is 0.432 bits per heavy atom. The molecule has 0 fully saturated rings. The van der Waals surface area contributed by atoms with Gasteiger partial charge in [0, 0.05) is 42.1 Å². The van der Waals surface area contributed by atoms with Gasteiger partial charge in [-0.25, -0.2) is 4.98 Å². The van der Waals surface area contributed by atoms with Crippen LogP contribution in [-0.4, -0.2) is 14.5 Å². The number of nitrogens with zero attached hydrogens (tertiary/aromatic N) is 3. The van der Waals surface area contributed by atoms with E-state index in [0.717, 1.165) is 39.4 Å². The second-order valence-corrected chi connectivity index (χ2v) is 12.5. The summed E-state index contributed by atoms with van der Waals surface area (Å²) in [6.45, 7) is 0. The van der Waals surface area contributed by atoms with Crippen LogP contribution in [0.2, 0.25) is 0 Å². The third-order valence-electron chi connectivity index (χ3n) is 9.03. The maximum atomic E-state index is 5.50. The minimum absolute atomic E-state index is 0.816. The van der Waals surface area contributed by atoms with Crippen molar-refractivity contribution >= 4 is 53.3 Å². The average molecular weight is 578 g/mol. The molecule has 0 atom stereocenters. The van der Waals surface area contributed by atoms with Gasteiger partial charge in [-0.05, 0) is 46.5 Å². The van der Waals surface area contributed by atoms with E-state index in [0.29, 0.717) is 0 Å². The Morgan fingerprint density at radius 3 is 1.73 bits per heavy atom. The predicted octanol–water partition coefficient (Wildman–Crippen LogP) is 10.9. The number of hydrogen-bond donors (Lipinski definition) is 0. The van der Waals surface area contributed by atoms with Crippen molar-refractivity contribution in [2.24, 2.45) is 0 Å². The van der Waals surface area contributed by atoms with Gasteiger partial charge in [-0.15, -0.1) is 11.3 Å². The van der Waals surface area contributed by atoms with Crippen LogP contribution in [0.5, 0.6) is 0 Å². The average Bonchev–Trinajstić information content (AvgIpc) is 3.61. The van der Waals surface area contributed by atoms with Crippen molar-refractivity contribution in [2.45, 2.75) is 0 Å². The molecule has 0 N–H and O–H groups in total. The van der Waals surface area contributed by atoms with Crippen LogP contribution in [0.1, 0.15) is 0 Å². The van der Waals surface area contributed by atoms with Crippen LogP contribution in [-0.2, 0) is 0 Å². The fourth-order valence-corrected chi connectivity index (χ4v) is 8.23. The van der Waals surface area contributed by atoms with Crippen LogP contribution in [0.3, 0.4) is 0 Å². The van der Waals surface area contributed by atoms with E-state index in [4.69, 9.17) is 9.97 Å². The number of fused-ring (bicyclic) bond motifs is 14. The molecule has 0 unspecified atom stereocenters. The summed E-state index contributed by atoms with van der Waals surface area (Å²) in [6, 6.07) is 47.9. The van der Waals surface area contributed by atoms with Gasteiger partial charge in [0.15, 0.2) is 5.82 Å². The van der Waals surface area contributed by atoms with Gasteiger partial charge >= 0.3 is 0 Å². The molecule has 10 rings (SSSR count). The van der Waals surface area contributed by atoms with Crippen LogP contribution >= 0.6 is 11.3 Å². The van der Waals surface area contributed by atoms with E-state index in [1.54, 1.807) is 0 Å². The second-order valence-electron chi connectivity index (χ2n) is 11.4. The molecule has 3 heterocycles. The quantitative estimate of drug-likeness (QED) is 0.194. The zero-order valence-corrected chi connectivity index (χ0v) is 24.3. The Morgan fingerprint density at radius 2 is 1.00 bits per heavy atom. The van der Waals surface area contributed by atoms with E-state index in [1.807, 2.05) is 17.5 Å². The largest absolute Gasteiger partial charge is 0.292 e. The van der Waals surface area contributed by atoms with Crippen molar-refractivity contribution in [3.8, 4) is 50.6 Å². The molecule has 1 aliphatic rings. The fourth-order valence-electron chi connectivity index (χ4n) is 7.11. The molecular formula is C40H23N3S. The minimum atomic E-state index is 0.816. The van der Waals surface area contributed by atoms with Crippen LogP contribution in [0.25, 0.3) is 92.6 Å². The highest BCUT2D eigenvalue weighted by molar-refractivity contribution is 7.25. The number of thiophene rings is 1. The van der Waals surface area contributed by atoms with Gasteiger partial charge in [0.2, 0.25) is 0 Å². The maximum absolute atomic E-state index is 5.50. The van der Waals surface area contributed by atoms with Crippen LogP contribution in [0.15, 0.2) is 140 Å². The molecule has 0 amide bonds. The summed E-state index contributed by atoms with van der Waals surface area (Å²) < 4.78 is 4.88. The Kier molecular flexibility index (Phi) is 4.87. The van der Waals surface area contributed by atoms with E-state index >= 15 is 0 Å². The van der Waals surface area contributed by atoms with E-state index in [-0.39, 0.29) is 0 Å². The molecule has 0 radical (unpaired) electrons. The molecule has 0 spiro atoms. The monoisotopic (exact) mass is 577 g/mol. The Bertz CT molecular complexity index is 2620. The Balaban J connectivity index is 1.31. The Hall–Kier alpha value is -5.58. The topological polar surface area (TPSA) is 30.7 Å². The molecule has 0 aliphatic heterocycles. The van der Waals surface area contributed by atoms with Gasteiger partial charge in [-0.2, -0.15) is 0 Å². The number of para-hydroxylation sites is 1. The first kappa shape index (κ1) is 23.9. The fraction of sp³-hybridized carbons (Fsp3) is 0. The van der Waals surface area contributed by atoms with E-state index < -0.39 is 0 Å². The molecule has 0 saturated heterocycles. The van der Waals surface area contributed by atoms with Crippen LogP contribution < -0.4 is 0 Å². The molecule has 1 aliphatic carbocycles. The smallest absolute Gasteiger partial charge is 0.156 e. The van der Waals surface area contributed by atoms with Gasteiger partial charge in [-0.3, -0.25) is 9.55 Å². The molecule has 0 saturated carbocycles. The molecule has 3 aromatic heterocycles. The molecular weight excluding hydrogens is 555 g/mol. The highest BCUT2D eigenvalue weighted by Crippen LogP contribution is 2.47. The molecule has 44 heavy (non-hydrogen) atoms. The molecule has 204 valence electrons. The number of benzene rings is 6.